The highest BCUT2D eigenvalue weighted by molar-refractivity contribution is 5.78. The largest absolute Gasteiger partial charge is 0.489 e. The van der Waals surface area contributed by atoms with Gasteiger partial charge >= 0.3 is 0 Å². The molecule has 0 aromatic heterocycles. The van der Waals surface area contributed by atoms with Crippen LogP contribution in [0.4, 0.5) is 0 Å². The lowest BCUT2D eigenvalue weighted by Gasteiger charge is -2.23. The molecule has 1 aliphatic rings. The predicted octanol–water partition coefficient (Wildman–Crippen LogP) is 2.69. The van der Waals surface area contributed by atoms with Gasteiger partial charge in [-0.05, 0) is 31.9 Å². The molecule has 0 saturated heterocycles. The van der Waals surface area contributed by atoms with E-state index in [1.54, 1.807) is 0 Å². The Morgan fingerprint density at radius 3 is 2.70 bits per heavy atom. The van der Waals surface area contributed by atoms with Gasteiger partial charge in [0.05, 0.1) is 6.54 Å². The van der Waals surface area contributed by atoms with Gasteiger partial charge in [-0.2, -0.15) is 0 Å². The Hall–Kier alpha value is -1.71. The van der Waals surface area contributed by atoms with Crippen molar-refractivity contribution in [1.82, 2.24) is 5.32 Å². The molecule has 1 aromatic carbocycles. The van der Waals surface area contributed by atoms with Crippen molar-refractivity contribution < 1.29 is 4.74 Å². The normalized spacial score (nSPS) is 18.6. The van der Waals surface area contributed by atoms with Crippen LogP contribution in [0, 0.1) is 0 Å². The smallest absolute Gasteiger partial charge is 0.188 e. The summed E-state index contributed by atoms with van der Waals surface area (Å²) in [6, 6.07) is 10.3. The van der Waals surface area contributed by atoms with Gasteiger partial charge in [-0.1, -0.05) is 37.5 Å². The number of guanidine groups is 1. The van der Waals surface area contributed by atoms with Gasteiger partial charge in [0.1, 0.15) is 11.9 Å². The molecule has 0 bridgehead atoms. The predicted molar refractivity (Wildman–Crippen MR) is 83.0 cm³/mol. The Kier molecular flexibility index (Phi) is 5.71. The monoisotopic (exact) mass is 275 g/mol. The van der Waals surface area contributed by atoms with Crippen molar-refractivity contribution >= 4 is 5.96 Å². The zero-order valence-electron chi connectivity index (χ0n) is 12.2. The van der Waals surface area contributed by atoms with Crippen molar-refractivity contribution in [3.8, 4) is 5.75 Å². The van der Waals surface area contributed by atoms with E-state index in [0.29, 0.717) is 18.5 Å². The van der Waals surface area contributed by atoms with Gasteiger partial charge in [-0.3, -0.25) is 0 Å². The molecule has 110 valence electrons. The maximum absolute atomic E-state index is 5.93. The summed E-state index contributed by atoms with van der Waals surface area (Å²) in [5, 5.41) is 3.31. The lowest BCUT2D eigenvalue weighted by atomic mass is 9.96. The van der Waals surface area contributed by atoms with Crippen LogP contribution in [0.1, 0.15) is 39.0 Å². The lowest BCUT2D eigenvalue weighted by Crippen LogP contribution is -2.41. The van der Waals surface area contributed by atoms with Gasteiger partial charge in [0.2, 0.25) is 0 Å². The van der Waals surface area contributed by atoms with Gasteiger partial charge in [0.25, 0.3) is 0 Å². The number of benzene rings is 1. The van der Waals surface area contributed by atoms with E-state index < -0.39 is 0 Å². The van der Waals surface area contributed by atoms with Gasteiger partial charge in [-0.25, -0.2) is 4.99 Å². The number of nitrogens with one attached hydrogen (secondary N) is 1. The maximum Gasteiger partial charge on any atom is 0.188 e. The van der Waals surface area contributed by atoms with Crippen molar-refractivity contribution in [2.75, 3.05) is 6.54 Å². The Morgan fingerprint density at radius 2 is 2.00 bits per heavy atom. The average molecular weight is 275 g/mol. The molecule has 1 unspecified atom stereocenters. The Morgan fingerprint density at radius 1 is 1.30 bits per heavy atom. The minimum absolute atomic E-state index is 0.0177. The first-order valence-electron chi connectivity index (χ1n) is 7.52. The summed E-state index contributed by atoms with van der Waals surface area (Å²) in [7, 11) is 0. The molecule has 20 heavy (non-hydrogen) atoms. The number of nitrogens with zero attached hydrogens (tertiary/aromatic N) is 1. The molecule has 0 radical (unpaired) electrons. The van der Waals surface area contributed by atoms with Crippen LogP contribution in [0.3, 0.4) is 0 Å². The first kappa shape index (κ1) is 14.7. The van der Waals surface area contributed by atoms with Crippen LogP contribution >= 0.6 is 0 Å². The third-order valence-corrected chi connectivity index (χ3v) is 3.56. The second kappa shape index (κ2) is 7.78. The fourth-order valence-electron chi connectivity index (χ4n) is 2.50. The summed E-state index contributed by atoms with van der Waals surface area (Å²) in [6.07, 6.45) is 6.34. The van der Waals surface area contributed by atoms with Crippen molar-refractivity contribution in [3.05, 3.63) is 30.3 Å². The van der Waals surface area contributed by atoms with Crippen LogP contribution in [0.2, 0.25) is 0 Å². The van der Waals surface area contributed by atoms with Crippen LogP contribution in [0.15, 0.2) is 35.3 Å². The number of rotatable bonds is 5. The van der Waals surface area contributed by atoms with Crippen molar-refractivity contribution in [2.24, 2.45) is 10.7 Å². The number of ether oxygens (including phenoxy) is 1. The lowest BCUT2D eigenvalue weighted by molar-refractivity contribution is 0.230. The number of nitrogens with two attached hydrogens (primary N) is 1. The van der Waals surface area contributed by atoms with E-state index in [-0.39, 0.29) is 6.10 Å². The van der Waals surface area contributed by atoms with E-state index >= 15 is 0 Å². The molecule has 1 saturated carbocycles. The quantitative estimate of drug-likeness (QED) is 0.641. The Balaban J connectivity index is 1.73. The molecule has 1 aliphatic carbocycles. The van der Waals surface area contributed by atoms with Crippen LogP contribution in [0.25, 0.3) is 0 Å². The van der Waals surface area contributed by atoms with Crippen LogP contribution < -0.4 is 15.8 Å². The summed E-state index contributed by atoms with van der Waals surface area (Å²) < 4.78 is 5.76. The van der Waals surface area contributed by atoms with E-state index in [1.807, 2.05) is 37.3 Å². The first-order chi connectivity index (χ1) is 9.74. The van der Waals surface area contributed by atoms with Crippen molar-refractivity contribution in [2.45, 2.75) is 51.2 Å². The molecular weight excluding hydrogens is 250 g/mol. The van der Waals surface area contributed by atoms with Crippen LogP contribution in [-0.4, -0.2) is 24.7 Å². The number of hydrogen-bond acceptors (Lipinski definition) is 2. The van der Waals surface area contributed by atoms with E-state index in [1.165, 1.54) is 32.1 Å². The average Bonchev–Trinajstić information content (AvgIpc) is 2.47. The fraction of sp³-hybridized carbons (Fsp3) is 0.562. The van der Waals surface area contributed by atoms with E-state index in [9.17, 15) is 0 Å². The van der Waals surface area contributed by atoms with E-state index in [4.69, 9.17) is 10.5 Å². The van der Waals surface area contributed by atoms with Crippen LogP contribution in [-0.2, 0) is 0 Å². The number of hydrogen-bond donors (Lipinski definition) is 2. The third-order valence-electron chi connectivity index (χ3n) is 3.56. The van der Waals surface area contributed by atoms with E-state index in [0.717, 1.165) is 5.75 Å². The number of para-hydroxylation sites is 1. The second-order valence-corrected chi connectivity index (χ2v) is 5.45. The topological polar surface area (TPSA) is 59.6 Å². The first-order valence-corrected chi connectivity index (χ1v) is 7.52. The summed E-state index contributed by atoms with van der Waals surface area (Å²) in [5.41, 5.74) is 5.93. The summed E-state index contributed by atoms with van der Waals surface area (Å²) in [6.45, 7) is 2.57. The molecule has 1 atom stereocenters. The minimum Gasteiger partial charge on any atom is -0.489 e. The summed E-state index contributed by atoms with van der Waals surface area (Å²) in [4.78, 5) is 4.37. The Labute approximate surface area is 121 Å². The van der Waals surface area contributed by atoms with Gasteiger partial charge in [0.15, 0.2) is 5.96 Å². The zero-order valence-corrected chi connectivity index (χ0v) is 12.2. The molecular formula is C16H25N3O. The third kappa shape index (κ3) is 5.11. The molecule has 1 fully saturated rings. The highest BCUT2D eigenvalue weighted by Gasteiger charge is 2.13. The molecule has 3 N–H and O–H groups in total. The second-order valence-electron chi connectivity index (χ2n) is 5.45. The van der Waals surface area contributed by atoms with Crippen molar-refractivity contribution in [3.63, 3.8) is 0 Å². The SMILES string of the molecule is CC(CN=C(N)NC1CCCCC1)Oc1ccccc1. The molecule has 4 nitrogen and oxygen atoms in total. The summed E-state index contributed by atoms with van der Waals surface area (Å²) in [5.74, 6) is 1.41. The standard InChI is InChI=1S/C16H25N3O/c1-13(20-15-10-6-3-7-11-15)12-18-16(17)19-14-8-4-2-5-9-14/h3,6-7,10-11,13-14H,2,4-5,8-9,12H2,1H3,(H3,17,18,19). The maximum atomic E-state index is 5.93. The van der Waals surface area contributed by atoms with E-state index in [2.05, 4.69) is 10.3 Å². The van der Waals surface area contributed by atoms with Gasteiger partial charge in [0, 0.05) is 6.04 Å². The molecule has 0 amide bonds. The van der Waals surface area contributed by atoms with Crippen LogP contribution in [0.5, 0.6) is 5.75 Å². The minimum atomic E-state index is 0.0177. The van der Waals surface area contributed by atoms with Gasteiger partial charge < -0.3 is 15.8 Å². The van der Waals surface area contributed by atoms with Crippen molar-refractivity contribution in [1.29, 1.82) is 0 Å². The summed E-state index contributed by atoms with van der Waals surface area (Å²) >= 11 is 0. The number of aliphatic imine (C=N–C) groups is 1. The molecule has 0 heterocycles. The zero-order chi connectivity index (χ0) is 14.2. The van der Waals surface area contributed by atoms with Gasteiger partial charge in [-0.15, -0.1) is 0 Å². The Bertz CT molecular complexity index is 413. The fourth-order valence-corrected chi connectivity index (χ4v) is 2.50. The molecule has 4 heteroatoms. The molecule has 1 aromatic rings. The highest BCUT2D eigenvalue weighted by Crippen LogP contribution is 2.17. The molecule has 2 rings (SSSR count). The highest BCUT2D eigenvalue weighted by atomic mass is 16.5. The molecule has 0 spiro atoms. The molecule has 0 aliphatic heterocycles.